The molecule has 1 aromatic heterocycles. The number of aliphatic hydroxyl groups is 1. The van der Waals surface area contributed by atoms with Gasteiger partial charge in [0.1, 0.15) is 11.4 Å². The van der Waals surface area contributed by atoms with E-state index in [1.165, 1.54) is 12.1 Å². The summed E-state index contributed by atoms with van der Waals surface area (Å²) >= 11 is 0. The summed E-state index contributed by atoms with van der Waals surface area (Å²) in [7, 11) is 1.59. The molecule has 3 aromatic rings. The summed E-state index contributed by atoms with van der Waals surface area (Å²) in [4.78, 5) is 19.0. The van der Waals surface area contributed by atoms with E-state index in [0.29, 0.717) is 31.7 Å². The molecule has 1 fully saturated rings. The molecule has 7 heteroatoms. The lowest BCUT2D eigenvalue weighted by atomic mass is 9.84. The molecule has 178 valence electrons. The van der Waals surface area contributed by atoms with E-state index in [4.69, 9.17) is 9.47 Å². The van der Waals surface area contributed by atoms with Gasteiger partial charge in [0.15, 0.2) is 0 Å². The zero-order valence-electron chi connectivity index (χ0n) is 19.4. The Balaban J connectivity index is 1.51. The van der Waals surface area contributed by atoms with Gasteiger partial charge in [0.05, 0.1) is 13.2 Å². The molecule has 0 spiro atoms. The molecule has 2 atom stereocenters. The Morgan fingerprint density at radius 2 is 1.88 bits per heavy atom. The molecule has 0 bridgehead atoms. The first-order valence-corrected chi connectivity index (χ1v) is 11.4. The Kier molecular flexibility index (Phi) is 7.12. The lowest BCUT2D eigenvalue weighted by Gasteiger charge is -2.43. The first-order valence-electron chi connectivity index (χ1n) is 11.4. The van der Waals surface area contributed by atoms with Crippen LogP contribution in [0.5, 0.6) is 5.88 Å². The van der Waals surface area contributed by atoms with Crippen LogP contribution < -0.4 is 4.74 Å². The normalized spacial score (nSPS) is 18.9. The van der Waals surface area contributed by atoms with Gasteiger partial charge in [0.2, 0.25) is 5.88 Å². The van der Waals surface area contributed by atoms with Crippen LogP contribution in [0.2, 0.25) is 0 Å². The van der Waals surface area contributed by atoms with E-state index < -0.39 is 11.7 Å². The smallest absolute Gasteiger partial charge is 0.411 e. The fraction of sp³-hybridized carbons (Fsp3) is 0.333. The zero-order chi connectivity index (χ0) is 24.1. The van der Waals surface area contributed by atoms with E-state index in [1.54, 1.807) is 30.3 Å². The van der Waals surface area contributed by atoms with Crippen LogP contribution in [-0.2, 0) is 10.3 Å². The quantitative estimate of drug-likeness (QED) is 0.479. The number of benzene rings is 2. The van der Waals surface area contributed by atoms with Gasteiger partial charge in [-0.05, 0) is 60.2 Å². The molecule has 1 aliphatic heterocycles. The van der Waals surface area contributed by atoms with Gasteiger partial charge < -0.3 is 19.5 Å². The van der Waals surface area contributed by atoms with E-state index in [0.717, 1.165) is 22.3 Å². The van der Waals surface area contributed by atoms with Crippen molar-refractivity contribution in [2.75, 3.05) is 20.3 Å². The van der Waals surface area contributed by atoms with Crippen molar-refractivity contribution in [1.82, 2.24) is 9.88 Å². The Hall–Kier alpha value is -3.45. The third kappa shape index (κ3) is 4.89. The summed E-state index contributed by atoms with van der Waals surface area (Å²) in [6.07, 6.45) is 2.82. The van der Waals surface area contributed by atoms with Crippen molar-refractivity contribution in [2.24, 2.45) is 0 Å². The number of carbonyl (C=O) groups excluding carboxylic acids is 1. The molecule has 4 rings (SSSR count). The van der Waals surface area contributed by atoms with Crippen molar-refractivity contribution < 1.29 is 23.8 Å². The molecule has 1 aliphatic rings. The molecule has 1 N–H and O–H groups in total. The summed E-state index contributed by atoms with van der Waals surface area (Å²) < 4.78 is 24.7. The topological polar surface area (TPSA) is 71.9 Å². The van der Waals surface area contributed by atoms with E-state index in [1.807, 2.05) is 43.3 Å². The standard InChI is InChI=1S/C27H29FN2O4/c1-19(20-4-6-21(7-5-20)22-12-15-29-25(18-22)33-2)30-16-14-27(13-3-17-31,34-26(30)32)23-8-10-24(28)11-9-23/h4-12,15,18-19,31H,3,13-14,16-17H2,1-2H3/t19-,27+/m0/s1. The van der Waals surface area contributed by atoms with Gasteiger partial charge in [-0.1, -0.05) is 36.4 Å². The van der Waals surface area contributed by atoms with Crippen LogP contribution in [-0.4, -0.2) is 41.3 Å². The molecule has 0 aliphatic carbocycles. The van der Waals surface area contributed by atoms with Crippen molar-refractivity contribution in [2.45, 2.75) is 37.8 Å². The second-order valence-corrected chi connectivity index (χ2v) is 8.52. The van der Waals surface area contributed by atoms with Gasteiger partial charge in [-0.15, -0.1) is 0 Å². The lowest BCUT2D eigenvalue weighted by molar-refractivity contribution is -0.0680. The van der Waals surface area contributed by atoms with Crippen molar-refractivity contribution in [3.8, 4) is 17.0 Å². The average Bonchev–Trinajstić information content (AvgIpc) is 2.87. The van der Waals surface area contributed by atoms with E-state index in [-0.39, 0.29) is 18.5 Å². The molecule has 2 heterocycles. The molecule has 0 saturated carbocycles. The van der Waals surface area contributed by atoms with Crippen LogP contribution in [0.15, 0.2) is 66.9 Å². The molecule has 0 unspecified atom stereocenters. The number of hydrogen-bond donors (Lipinski definition) is 1. The number of nitrogens with zero attached hydrogens (tertiary/aromatic N) is 2. The summed E-state index contributed by atoms with van der Waals surface area (Å²) in [5.41, 5.74) is 2.90. The molecule has 2 aromatic carbocycles. The second-order valence-electron chi connectivity index (χ2n) is 8.52. The number of amides is 1. The predicted molar refractivity (Wildman–Crippen MR) is 127 cm³/mol. The largest absolute Gasteiger partial charge is 0.481 e. The third-order valence-electron chi connectivity index (χ3n) is 6.52. The summed E-state index contributed by atoms with van der Waals surface area (Å²) in [6.45, 7) is 2.47. The SMILES string of the molecule is COc1cc(-c2ccc([C@H](C)N3CC[C@](CCCO)(c4ccc(F)cc4)OC3=O)cc2)ccn1. The first-order chi connectivity index (χ1) is 16.5. The van der Waals surface area contributed by atoms with Crippen molar-refractivity contribution in [3.63, 3.8) is 0 Å². The number of pyridine rings is 1. The van der Waals surface area contributed by atoms with Crippen LogP contribution in [0.1, 0.15) is 43.4 Å². The highest BCUT2D eigenvalue weighted by Crippen LogP contribution is 2.40. The number of halogens is 1. The summed E-state index contributed by atoms with van der Waals surface area (Å²) in [5.74, 6) is 0.212. The number of cyclic esters (lactones) is 1. The van der Waals surface area contributed by atoms with E-state index >= 15 is 0 Å². The van der Waals surface area contributed by atoms with Crippen LogP contribution in [0.25, 0.3) is 11.1 Å². The minimum Gasteiger partial charge on any atom is -0.481 e. The van der Waals surface area contributed by atoms with Gasteiger partial charge in [0.25, 0.3) is 0 Å². The van der Waals surface area contributed by atoms with Crippen LogP contribution >= 0.6 is 0 Å². The zero-order valence-corrected chi connectivity index (χ0v) is 19.4. The third-order valence-corrected chi connectivity index (χ3v) is 6.52. The van der Waals surface area contributed by atoms with Gasteiger partial charge in [-0.25, -0.2) is 14.2 Å². The van der Waals surface area contributed by atoms with Gasteiger partial charge >= 0.3 is 6.09 Å². The Morgan fingerprint density at radius 1 is 1.15 bits per heavy atom. The number of rotatable bonds is 8. The highest BCUT2D eigenvalue weighted by molar-refractivity contribution is 5.70. The molecule has 34 heavy (non-hydrogen) atoms. The lowest BCUT2D eigenvalue weighted by Crippen LogP contribution is -2.48. The highest BCUT2D eigenvalue weighted by Gasteiger charge is 2.43. The maximum atomic E-state index is 13.5. The van der Waals surface area contributed by atoms with Crippen molar-refractivity contribution >= 4 is 6.09 Å². The van der Waals surface area contributed by atoms with E-state index in [9.17, 15) is 14.3 Å². The van der Waals surface area contributed by atoms with E-state index in [2.05, 4.69) is 4.98 Å². The molecule has 1 amide bonds. The van der Waals surface area contributed by atoms with Crippen LogP contribution in [0.3, 0.4) is 0 Å². The fourth-order valence-electron chi connectivity index (χ4n) is 4.50. The summed E-state index contributed by atoms with van der Waals surface area (Å²) in [6, 6.07) is 17.7. The molecule has 1 saturated heterocycles. The average molecular weight is 465 g/mol. The Morgan fingerprint density at radius 3 is 2.53 bits per heavy atom. The maximum absolute atomic E-state index is 13.5. The van der Waals surface area contributed by atoms with Crippen LogP contribution in [0, 0.1) is 5.82 Å². The molecule has 6 nitrogen and oxygen atoms in total. The highest BCUT2D eigenvalue weighted by atomic mass is 19.1. The number of aliphatic hydroxyl groups excluding tert-OH is 1. The van der Waals surface area contributed by atoms with Gasteiger partial charge in [-0.2, -0.15) is 0 Å². The predicted octanol–water partition coefficient (Wildman–Crippen LogP) is 5.47. The Bertz CT molecular complexity index is 1120. The second kappa shape index (κ2) is 10.2. The monoisotopic (exact) mass is 464 g/mol. The number of hydrogen-bond acceptors (Lipinski definition) is 5. The van der Waals surface area contributed by atoms with Gasteiger partial charge in [-0.3, -0.25) is 0 Å². The number of methoxy groups -OCH3 is 1. The minimum atomic E-state index is -0.867. The first kappa shape index (κ1) is 23.7. The number of aromatic nitrogens is 1. The van der Waals surface area contributed by atoms with Gasteiger partial charge in [0, 0.05) is 31.8 Å². The minimum absolute atomic E-state index is 0.00366. The summed E-state index contributed by atoms with van der Waals surface area (Å²) in [5, 5.41) is 9.37. The maximum Gasteiger partial charge on any atom is 0.411 e. The Labute approximate surface area is 199 Å². The molecular weight excluding hydrogens is 435 g/mol. The number of ether oxygens (including phenoxy) is 2. The van der Waals surface area contributed by atoms with Crippen molar-refractivity contribution in [3.05, 3.63) is 83.8 Å². The van der Waals surface area contributed by atoms with Crippen LogP contribution in [0.4, 0.5) is 9.18 Å². The molecular formula is C27H29FN2O4. The molecule has 0 radical (unpaired) electrons. The van der Waals surface area contributed by atoms with Crippen molar-refractivity contribution in [1.29, 1.82) is 0 Å². The number of carbonyl (C=O) groups is 1. The fourth-order valence-corrected chi connectivity index (χ4v) is 4.50.